The summed E-state index contributed by atoms with van der Waals surface area (Å²) in [5.41, 5.74) is 1.18. The highest BCUT2D eigenvalue weighted by Gasteiger charge is 2.21. The second kappa shape index (κ2) is 9.71. The highest BCUT2D eigenvalue weighted by Crippen LogP contribution is 2.23. The van der Waals surface area contributed by atoms with E-state index in [0.717, 1.165) is 31.8 Å². The van der Waals surface area contributed by atoms with Crippen molar-refractivity contribution in [2.75, 3.05) is 25.0 Å². The first kappa shape index (κ1) is 21.2. The Morgan fingerprint density at radius 1 is 1.37 bits per heavy atom. The van der Waals surface area contributed by atoms with Gasteiger partial charge in [-0.2, -0.15) is 10.1 Å². The Morgan fingerprint density at radius 3 is 2.81 bits per heavy atom. The summed E-state index contributed by atoms with van der Waals surface area (Å²) in [5.74, 6) is 2.48. The first-order chi connectivity index (χ1) is 12.5. The van der Waals surface area contributed by atoms with Crippen LogP contribution in [0.5, 0.6) is 5.75 Å². The van der Waals surface area contributed by atoms with E-state index in [1.54, 1.807) is 11.7 Å². The van der Waals surface area contributed by atoms with Crippen LogP contribution in [0.4, 0.5) is 5.95 Å². The molecule has 1 amide bonds. The van der Waals surface area contributed by atoms with Gasteiger partial charge in [0, 0.05) is 13.0 Å². The van der Waals surface area contributed by atoms with Gasteiger partial charge in [-0.05, 0) is 49.5 Å². The number of ether oxygens (including phenoxy) is 1. The molecule has 8 heteroatoms. The third kappa shape index (κ3) is 5.68. The first-order valence-electron chi connectivity index (χ1n) is 9.17. The van der Waals surface area contributed by atoms with E-state index >= 15 is 0 Å². The van der Waals surface area contributed by atoms with Crippen LogP contribution < -0.4 is 15.4 Å². The number of nitrogens with one attached hydrogen (secondary N) is 2. The predicted molar refractivity (Wildman–Crippen MR) is 108 cm³/mol. The van der Waals surface area contributed by atoms with Crippen molar-refractivity contribution in [2.24, 2.45) is 7.05 Å². The lowest BCUT2D eigenvalue weighted by atomic mass is 9.98. The lowest BCUT2D eigenvalue weighted by molar-refractivity contribution is -0.118. The molecule has 1 saturated heterocycles. The van der Waals surface area contributed by atoms with Gasteiger partial charge in [0.25, 0.3) is 5.91 Å². The quantitative estimate of drug-likeness (QED) is 0.788. The van der Waals surface area contributed by atoms with Crippen molar-refractivity contribution in [1.82, 2.24) is 20.1 Å². The molecule has 0 radical (unpaired) electrons. The van der Waals surface area contributed by atoms with Crippen LogP contribution in [0.2, 0.25) is 0 Å². The average Bonchev–Trinajstić information content (AvgIpc) is 3.01. The van der Waals surface area contributed by atoms with Gasteiger partial charge in [-0.3, -0.25) is 10.1 Å². The van der Waals surface area contributed by atoms with Crippen LogP contribution in [0, 0.1) is 0 Å². The molecule has 27 heavy (non-hydrogen) atoms. The van der Waals surface area contributed by atoms with Crippen molar-refractivity contribution in [3.63, 3.8) is 0 Å². The third-order valence-corrected chi connectivity index (χ3v) is 4.63. The van der Waals surface area contributed by atoms with E-state index in [0.29, 0.717) is 23.5 Å². The molecule has 148 valence electrons. The van der Waals surface area contributed by atoms with Crippen LogP contribution >= 0.6 is 12.4 Å². The monoisotopic (exact) mass is 393 g/mol. The normalized spacial score (nSPS) is 14.7. The Balaban J connectivity index is 0.00000261. The molecular formula is C19H28ClN5O2. The van der Waals surface area contributed by atoms with E-state index in [-0.39, 0.29) is 24.9 Å². The smallest absolute Gasteiger partial charge is 0.264 e. The van der Waals surface area contributed by atoms with Crippen molar-refractivity contribution in [3.8, 4) is 5.75 Å². The second-order valence-electron chi connectivity index (χ2n) is 7.01. The average molecular weight is 394 g/mol. The predicted octanol–water partition coefficient (Wildman–Crippen LogP) is 2.84. The Labute approximate surface area is 166 Å². The number of piperidine rings is 1. The number of hydrogen-bond donors (Lipinski definition) is 2. The van der Waals surface area contributed by atoms with Crippen LogP contribution in [0.25, 0.3) is 0 Å². The number of aryl methyl sites for hydroxylation is 1. The maximum Gasteiger partial charge on any atom is 0.264 e. The SMILES string of the molecule is CC(C)c1cccc(OCC(=O)Nc2nc(C3CCNCC3)nn2C)c1.Cl. The number of hydrogen-bond acceptors (Lipinski definition) is 5. The maximum absolute atomic E-state index is 12.2. The van der Waals surface area contributed by atoms with Crippen LogP contribution in [-0.2, 0) is 11.8 Å². The molecule has 2 aromatic rings. The summed E-state index contributed by atoms with van der Waals surface area (Å²) in [4.78, 5) is 16.7. The standard InChI is InChI=1S/C19H27N5O2.ClH/c1-13(2)15-5-4-6-16(11-15)26-12-17(25)21-19-22-18(23-24(19)3)14-7-9-20-10-8-14;/h4-6,11,13-14,20H,7-10,12H2,1-3H3,(H,21,22,23,25);1H. The van der Waals surface area contributed by atoms with E-state index in [4.69, 9.17) is 4.74 Å². The van der Waals surface area contributed by atoms with Gasteiger partial charge in [-0.1, -0.05) is 26.0 Å². The number of carbonyl (C=O) groups excluding carboxylic acids is 1. The van der Waals surface area contributed by atoms with E-state index < -0.39 is 0 Å². The van der Waals surface area contributed by atoms with E-state index in [2.05, 4.69) is 40.6 Å². The fourth-order valence-electron chi connectivity index (χ4n) is 3.04. The molecule has 1 aliphatic rings. The molecule has 2 N–H and O–H groups in total. The molecule has 0 unspecified atom stereocenters. The summed E-state index contributed by atoms with van der Waals surface area (Å²) in [6.07, 6.45) is 2.04. The molecule has 1 aromatic carbocycles. The summed E-state index contributed by atoms with van der Waals surface area (Å²) < 4.78 is 7.24. The van der Waals surface area contributed by atoms with Crippen molar-refractivity contribution in [3.05, 3.63) is 35.7 Å². The summed E-state index contributed by atoms with van der Waals surface area (Å²) in [6.45, 7) is 6.15. The number of halogens is 1. The number of aromatic nitrogens is 3. The minimum atomic E-state index is -0.243. The topological polar surface area (TPSA) is 81.1 Å². The Kier molecular flexibility index (Phi) is 7.62. The number of nitrogens with zero attached hydrogens (tertiary/aromatic N) is 3. The van der Waals surface area contributed by atoms with E-state index in [9.17, 15) is 4.79 Å². The van der Waals surface area contributed by atoms with E-state index in [1.807, 2.05) is 18.2 Å². The van der Waals surface area contributed by atoms with Crippen LogP contribution in [-0.4, -0.2) is 40.4 Å². The Hall–Kier alpha value is -2.12. The molecule has 0 bridgehead atoms. The van der Waals surface area contributed by atoms with Gasteiger partial charge in [0.15, 0.2) is 12.4 Å². The van der Waals surface area contributed by atoms with Crippen LogP contribution in [0.3, 0.4) is 0 Å². The van der Waals surface area contributed by atoms with Crippen molar-refractivity contribution in [2.45, 2.75) is 38.5 Å². The number of anilines is 1. The molecule has 0 aliphatic carbocycles. The summed E-state index contributed by atoms with van der Waals surface area (Å²) in [6, 6.07) is 7.82. The highest BCUT2D eigenvalue weighted by molar-refractivity contribution is 5.90. The number of carbonyl (C=O) groups is 1. The summed E-state index contributed by atoms with van der Waals surface area (Å²) in [5, 5.41) is 10.6. The van der Waals surface area contributed by atoms with Crippen LogP contribution in [0.1, 0.15) is 49.9 Å². The maximum atomic E-state index is 12.2. The van der Waals surface area contributed by atoms with Crippen molar-refractivity contribution >= 4 is 24.3 Å². The molecule has 7 nitrogen and oxygen atoms in total. The largest absolute Gasteiger partial charge is 0.484 e. The number of rotatable bonds is 6. The summed E-state index contributed by atoms with van der Waals surface area (Å²) in [7, 11) is 1.79. The molecule has 3 rings (SSSR count). The minimum absolute atomic E-state index is 0. The van der Waals surface area contributed by atoms with E-state index in [1.165, 1.54) is 5.56 Å². The lowest BCUT2D eigenvalue weighted by Crippen LogP contribution is -2.27. The molecular weight excluding hydrogens is 366 g/mol. The Morgan fingerprint density at radius 2 is 2.11 bits per heavy atom. The van der Waals surface area contributed by atoms with Crippen LogP contribution in [0.15, 0.2) is 24.3 Å². The zero-order valence-electron chi connectivity index (χ0n) is 16.1. The lowest BCUT2D eigenvalue weighted by Gasteiger charge is -2.19. The van der Waals surface area contributed by atoms with Gasteiger partial charge in [-0.15, -0.1) is 12.4 Å². The third-order valence-electron chi connectivity index (χ3n) is 4.63. The number of benzene rings is 1. The molecule has 0 atom stereocenters. The molecule has 1 fully saturated rings. The molecule has 0 saturated carbocycles. The fraction of sp³-hybridized carbons (Fsp3) is 0.526. The van der Waals surface area contributed by atoms with Gasteiger partial charge in [0.1, 0.15) is 5.75 Å². The summed E-state index contributed by atoms with van der Waals surface area (Å²) >= 11 is 0. The van der Waals surface area contributed by atoms with Gasteiger partial charge in [0.2, 0.25) is 5.95 Å². The highest BCUT2D eigenvalue weighted by atomic mass is 35.5. The second-order valence-corrected chi connectivity index (χ2v) is 7.01. The molecule has 1 aromatic heterocycles. The van der Waals surface area contributed by atoms with Gasteiger partial charge >= 0.3 is 0 Å². The molecule has 2 heterocycles. The molecule has 1 aliphatic heterocycles. The first-order valence-corrected chi connectivity index (χ1v) is 9.17. The van der Waals surface area contributed by atoms with Crippen molar-refractivity contribution in [1.29, 1.82) is 0 Å². The van der Waals surface area contributed by atoms with Gasteiger partial charge in [0.05, 0.1) is 0 Å². The van der Waals surface area contributed by atoms with Gasteiger partial charge in [-0.25, -0.2) is 4.68 Å². The van der Waals surface area contributed by atoms with Gasteiger partial charge < -0.3 is 10.1 Å². The fourth-order valence-corrected chi connectivity index (χ4v) is 3.04. The minimum Gasteiger partial charge on any atom is -0.484 e. The van der Waals surface area contributed by atoms with Crippen molar-refractivity contribution < 1.29 is 9.53 Å². The zero-order chi connectivity index (χ0) is 18.5. The number of amides is 1. The Bertz CT molecular complexity index is 756. The zero-order valence-corrected chi connectivity index (χ0v) is 16.9. The molecule has 0 spiro atoms.